The minimum atomic E-state index is -1.49. The van der Waals surface area contributed by atoms with Gasteiger partial charge in [0.25, 0.3) is 0 Å². The van der Waals surface area contributed by atoms with Crippen molar-refractivity contribution in [1.29, 1.82) is 0 Å². The molecule has 0 aromatic heterocycles. The van der Waals surface area contributed by atoms with E-state index >= 15 is 0 Å². The molecule has 1 aliphatic heterocycles. The summed E-state index contributed by atoms with van der Waals surface area (Å²) in [6.45, 7) is 0.603. The van der Waals surface area contributed by atoms with Crippen LogP contribution in [0.2, 0.25) is 0 Å². The Labute approximate surface area is 146 Å². The summed E-state index contributed by atoms with van der Waals surface area (Å²) >= 11 is 0. The average Bonchev–Trinajstić information content (AvgIpc) is 3.10. The Morgan fingerprint density at radius 2 is 2.00 bits per heavy atom. The van der Waals surface area contributed by atoms with Crippen molar-refractivity contribution < 1.29 is 23.8 Å². The van der Waals surface area contributed by atoms with Gasteiger partial charge >= 0.3 is 5.97 Å². The van der Waals surface area contributed by atoms with Crippen molar-refractivity contribution in [3.8, 4) is 5.75 Å². The zero-order chi connectivity index (χ0) is 17.9. The highest BCUT2D eigenvalue weighted by atomic mass is 19.1. The summed E-state index contributed by atoms with van der Waals surface area (Å²) in [6, 6.07) is 5.78. The lowest BCUT2D eigenvalue weighted by atomic mass is 9.90. The smallest absolute Gasteiger partial charge is 0.348 e. The highest BCUT2D eigenvalue weighted by molar-refractivity contribution is 5.80. The van der Waals surface area contributed by atoms with Gasteiger partial charge in [-0.05, 0) is 30.9 Å². The molecule has 134 valence electrons. The summed E-state index contributed by atoms with van der Waals surface area (Å²) < 4.78 is 19.4. The number of likely N-dealkylation sites (tertiary alicyclic amines) is 1. The molecule has 1 saturated heterocycles. The summed E-state index contributed by atoms with van der Waals surface area (Å²) in [5, 5.41) is 9.64. The van der Waals surface area contributed by atoms with Crippen molar-refractivity contribution in [3.63, 3.8) is 0 Å². The third-order valence-corrected chi connectivity index (χ3v) is 5.00. The summed E-state index contributed by atoms with van der Waals surface area (Å²) in [5.41, 5.74) is -1.49. The topological polar surface area (TPSA) is 66.8 Å². The van der Waals surface area contributed by atoms with Gasteiger partial charge in [0, 0.05) is 32.4 Å². The van der Waals surface area contributed by atoms with Gasteiger partial charge in [-0.15, -0.1) is 0 Å². The maximum atomic E-state index is 13.8. The van der Waals surface area contributed by atoms with Crippen molar-refractivity contribution in [1.82, 2.24) is 4.90 Å². The van der Waals surface area contributed by atoms with Crippen molar-refractivity contribution >= 4 is 11.9 Å². The maximum Gasteiger partial charge on any atom is 0.348 e. The fourth-order valence-electron chi connectivity index (χ4n) is 3.43. The number of allylic oxidation sites excluding steroid dienone is 2. The third-order valence-electron chi connectivity index (χ3n) is 5.00. The molecule has 1 aromatic carbocycles. The molecule has 1 aliphatic carbocycles. The molecule has 1 N–H and O–H groups in total. The van der Waals surface area contributed by atoms with Crippen LogP contribution in [0, 0.1) is 11.7 Å². The first kappa shape index (κ1) is 17.5. The monoisotopic (exact) mass is 347 g/mol. The molecule has 25 heavy (non-hydrogen) atoms. The molecule has 0 bridgehead atoms. The lowest BCUT2D eigenvalue weighted by molar-refractivity contribution is -0.162. The first-order valence-electron chi connectivity index (χ1n) is 8.61. The number of nitrogens with zero attached hydrogens (tertiary/aromatic N) is 1. The van der Waals surface area contributed by atoms with E-state index in [1.165, 1.54) is 18.2 Å². The summed E-state index contributed by atoms with van der Waals surface area (Å²) in [7, 11) is 0. The summed E-state index contributed by atoms with van der Waals surface area (Å²) in [4.78, 5) is 25.9. The molecular weight excluding hydrogens is 325 g/mol. The van der Waals surface area contributed by atoms with E-state index in [1.54, 1.807) is 11.0 Å². The van der Waals surface area contributed by atoms with E-state index in [4.69, 9.17) is 4.74 Å². The van der Waals surface area contributed by atoms with Crippen molar-refractivity contribution in [2.75, 3.05) is 13.1 Å². The van der Waals surface area contributed by atoms with Crippen molar-refractivity contribution in [2.45, 2.75) is 37.7 Å². The van der Waals surface area contributed by atoms with Gasteiger partial charge in [-0.25, -0.2) is 9.18 Å². The highest BCUT2D eigenvalue weighted by Crippen LogP contribution is 2.31. The number of para-hydroxylation sites is 1. The lowest BCUT2D eigenvalue weighted by Gasteiger charge is -2.39. The molecule has 3 rings (SSSR count). The molecule has 0 radical (unpaired) electrons. The van der Waals surface area contributed by atoms with Gasteiger partial charge < -0.3 is 14.7 Å². The minimum Gasteiger partial charge on any atom is -0.478 e. The highest BCUT2D eigenvalue weighted by Gasteiger charge is 2.45. The molecule has 1 aromatic rings. The van der Waals surface area contributed by atoms with Crippen LogP contribution in [-0.4, -0.2) is 40.6 Å². The number of hydrogen-bond acceptors (Lipinski definition) is 3. The molecule has 0 spiro atoms. The number of amides is 1. The van der Waals surface area contributed by atoms with Gasteiger partial charge in [0.15, 0.2) is 11.6 Å². The van der Waals surface area contributed by atoms with Crippen molar-refractivity contribution in [3.05, 3.63) is 42.2 Å². The van der Waals surface area contributed by atoms with E-state index in [1.807, 2.05) is 0 Å². The Morgan fingerprint density at radius 1 is 1.28 bits per heavy atom. The van der Waals surface area contributed by atoms with E-state index in [0.29, 0.717) is 19.5 Å². The predicted molar refractivity (Wildman–Crippen MR) is 89.7 cm³/mol. The molecule has 5 nitrogen and oxygen atoms in total. The number of carbonyl (C=O) groups excluding carboxylic acids is 1. The van der Waals surface area contributed by atoms with Gasteiger partial charge in [-0.2, -0.15) is 0 Å². The first-order chi connectivity index (χ1) is 12.0. The molecule has 1 heterocycles. The van der Waals surface area contributed by atoms with Crippen LogP contribution in [0.1, 0.15) is 32.1 Å². The number of halogens is 1. The largest absolute Gasteiger partial charge is 0.478 e. The Morgan fingerprint density at radius 3 is 2.60 bits per heavy atom. The lowest BCUT2D eigenvalue weighted by Crippen LogP contribution is -2.54. The zero-order valence-electron chi connectivity index (χ0n) is 14.0. The van der Waals surface area contributed by atoms with Crippen molar-refractivity contribution in [2.24, 2.45) is 5.92 Å². The Balaban J connectivity index is 1.64. The molecule has 1 amide bonds. The first-order valence-corrected chi connectivity index (χ1v) is 8.61. The van der Waals surface area contributed by atoms with E-state index in [2.05, 4.69) is 12.2 Å². The van der Waals surface area contributed by atoms with Gasteiger partial charge in [0.05, 0.1) is 0 Å². The summed E-state index contributed by atoms with van der Waals surface area (Å²) in [5.74, 6) is -1.45. The summed E-state index contributed by atoms with van der Waals surface area (Å²) in [6.07, 6.45) is 6.92. The van der Waals surface area contributed by atoms with Crippen LogP contribution >= 0.6 is 0 Å². The number of rotatable bonds is 5. The van der Waals surface area contributed by atoms with Gasteiger partial charge in [0.2, 0.25) is 11.5 Å². The number of carboxylic acid groups (broad SMARTS) is 1. The number of carbonyl (C=O) groups is 2. The van der Waals surface area contributed by atoms with Crippen LogP contribution in [0.4, 0.5) is 4.39 Å². The van der Waals surface area contributed by atoms with Crippen LogP contribution in [0.3, 0.4) is 0 Å². The Kier molecular flexibility index (Phi) is 5.06. The molecule has 0 saturated carbocycles. The fraction of sp³-hybridized carbons (Fsp3) is 0.474. The normalized spacial score (nSPS) is 22.0. The number of piperidine rings is 1. The predicted octanol–water partition coefficient (Wildman–Crippen LogP) is 3.01. The SMILES string of the molecule is O=C(C[C@H]1C=CCC1)N1CCC(Oc2ccccc2F)(C(=O)O)CC1. The van der Waals surface area contributed by atoms with Gasteiger partial charge in [0.1, 0.15) is 0 Å². The number of benzene rings is 1. The standard InChI is InChI=1S/C19H22FNO4/c20-15-7-3-4-8-16(15)25-19(18(23)24)9-11-21(12-10-19)17(22)13-14-5-1-2-6-14/h1,3-5,7-8,14H,2,6,9-13H2,(H,23,24)/t14-/m0/s1. The van der Waals surface area contributed by atoms with Crippen LogP contribution in [0.15, 0.2) is 36.4 Å². The van der Waals surface area contributed by atoms with E-state index < -0.39 is 17.4 Å². The molecule has 1 atom stereocenters. The zero-order valence-corrected chi connectivity index (χ0v) is 14.0. The molecule has 1 fully saturated rings. The minimum absolute atomic E-state index is 0.0430. The Bertz CT molecular complexity index is 680. The third kappa shape index (κ3) is 3.83. The maximum absolute atomic E-state index is 13.8. The van der Waals surface area contributed by atoms with Gasteiger partial charge in [-0.1, -0.05) is 24.3 Å². The molecular formula is C19H22FNO4. The van der Waals surface area contributed by atoms with E-state index in [-0.39, 0.29) is 30.4 Å². The van der Waals surface area contributed by atoms with Crippen LogP contribution in [0.25, 0.3) is 0 Å². The van der Waals surface area contributed by atoms with E-state index in [0.717, 1.165) is 12.8 Å². The number of hydrogen-bond donors (Lipinski definition) is 1. The molecule has 0 unspecified atom stereocenters. The van der Waals surface area contributed by atoms with Crippen LogP contribution in [0.5, 0.6) is 5.75 Å². The van der Waals surface area contributed by atoms with Gasteiger partial charge in [-0.3, -0.25) is 4.79 Å². The fourth-order valence-corrected chi connectivity index (χ4v) is 3.43. The Hall–Kier alpha value is -2.37. The number of carboxylic acids is 1. The quantitative estimate of drug-likeness (QED) is 0.832. The number of aliphatic carboxylic acids is 1. The second kappa shape index (κ2) is 7.25. The van der Waals surface area contributed by atoms with E-state index in [9.17, 15) is 19.1 Å². The molecule has 2 aliphatic rings. The number of ether oxygens (including phenoxy) is 1. The molecule has 6 heteroatoms. The second-order valence-corrected chi connectivity index (χ2v) is 6.68. The average molecular weight is 347 g/mol. The van der Waals surface area contributed by atoms with Crippen LogP contribution < -0.4 is 4.74 Å². The second-order valence-electron chi connectivity index (χ2n) is 6.68. The van der Waals surface area contributed by atoms with Crippen LogP contribution in [-0.2, 0) is 9.59 Å².